The van der Waals surface area contributed by atoms with Gasteiger partial charge in [0.05, 0.1) is 12.2 Å². The second-order valence-corrected chi connectivity index (χ2v) is 10.0. The standard InChI is InChI=1S/C21H33NO2/c1-20-12-10-19(23)22-17(20)7-5-14-15-6-8-18(24-13-3-4-13)21(15,2)11-9-16(14)20/h13-18H,3-12H2,1-2H3,(H,22,23)/t14?,15?,16?,17-,18+,20?,21?/m1/s1. The summed E-state index contributed by atoms with van der Waals surface area (Å²) in [6.45, 7) is 5.04. The van der Waals surface area contributed by atoms with Crippen LogP contribution in [0.5, 0.6) is 0 Å². The number of carbonyl (C=O) groups is 1. The Bertz CT molecular complexity index is 544. The SMILES string of the molecule is CC12CCC3C(CC[C@H]4NC(=O)CCC34C)C1CC[C@@H]2OC1CC1. The highest BCUT2D eigenvalue weighted by Crippen LogP contribution is 2.64. The average Bonchev–Trinajstić information content (AvgIpc) is 3.31. The number of hydrogen-bond acceptors (Lipinski definition) is 2. The third-order valence-corrected chi connectivity index (χ3v) is 8.89. The van der Waals surface area contributed by atoms with E-state index < -0.39 is 0 Å². The van der Waals surface area contributed by atoms with Crippen molar-refractivity contribution in [2.45, 2.75) is 96.3 Å². The topological polar surface area (TPSA) is 38.3 Å². The smallest absolute Gasteiger partial charge is 0.220 e. The number of ether oxygens (including phenoxy) is 1. The van der Waals surface area contributed by atoms with Gasteiger partial charge in [0.1, 0.15) is 0 Å². The van der Waals surface area contributed by atoms with Crippen molar-refractivity contribution in [3.8, 4) is 0 Å². The Morgan fingerprint density at radius 1 is 0.917 bits per heavy atom. The molecule has 4 aliphatic carbocycles. The molecule has 0 spiro atoms. The first-order valence-corrected chi connectivity index (χ1v) is 10.5. The van der Waals surface area contributed by atoms with E-state index in [1.165, 1.54) is 51.4 Å². The van der Waals surface area contributed by atoms with Crippen LogP contribution >= 0.6 is 0 Å². The van der Waals surface area contributed by atoms with Crippen molar-refractivity contribution < 1.29 is 9.53 Å². The minimum absolute atomic E-state index is 0.287. The summed E-state index contributed by atoms with van der Waals surface area (Å²) in [5, 5.41) is 3.34. The Kier molecular flexibility index (Phi) is 3.41. The summed E-state index contributed by atoms with van der Waals surface area (Å²) < 4.78 is 6.46. The van der Waals surface area contributed by atoms with Crippen molar-refractivity contribution in [3.63, 3.8) is 0 Å². The van der Waals surface area contributed by atoms with Crippen LogP contribution in [0.4, 0.5) is 0 Å². The van der Waals surface area contributed by atoms with Crippen molar-refractivity contribution in [1.29, 1.82) is 0 Å². The monoisotopic (exact) mass is 331 g/mol. The van der Waals surface area contributed by atoms with Crippen molar-refractivity contribution >= 4 is 5.91 Å². The van der Waals surface area contributed by atoms with Crippen LogP contribution in [0, 0.1) is 28.6 Å². The molecule has 5 fully saturated rings. The number of hydrogen-bond donors (Lipinski definition) is 1. The van der Waals surface area contributed by atoms with Gasteiger partial charge >= 0.3 is 0 Å². The fourth-order valence-electron chi connectivity index (χ4n) is 7.31. The van der Waals surface area contributed by atoms with Crippen LogP contribution in [0.25, 0.3) is 0 Å². The van der Waals surface area contributed by atoms with E-state index in [1.807, 2.05) is 0 Å². The van der Waals surface area contributed by atoms with E-state index in [0.717, 1.165) is 30.6 Å². The van der Waals surface area contributed by atoms with Gasteiger partial charge in [-0.25, -0.2) is 0 Å². The van der Waals surface area contributed by atoms with E-state index >= 15 is 0 Å². The zero-order chi connectivity index (χ0) is 16.5. The number of fused-ring (bicyclic) bond motifs is 5. The first-order valence-electron chi connectivity index (χ1n) is 10.5. The van der Waals surface area contributed by atoms with E-state index in [0.29, 0.717) is 29.1 Å². The Morgan fingerprint density at radius 2 is 1.71 bits per heavy atom. The minimum Gasteiger partial charge on any atom is -0.374 e. The molecule has 1 amide bonds. The Hall–Kier alpha value is -0.570. The molecule has 1 N–H and O–H groups in total. The predicted molar refractivity (Wildman–Crippen MR) is 93.4 cm³/mol. The molecule has 3 heteroatoms. The van der Waals surface area contributed by atoms with Gasteiger partial charge in [-0.3, -0.25) is 4.79 Å². The summed E-state index contributed by atoms with van der Waals surface area (Å²) in [5.74, 6) is 2.83. The van der Waals surface area contributed by atoms with Crippen molar-refractivity contribution in [2.24, 2.45) is 28.6 Å². The molecule has 5 aliphatic rings. The molecule has 4 saturated carbocycles. The van der Waals surface area contributed by atoms with Crippen LogP contribution in [0.2, 0.25) is 0 Å². The Balaban J connectivity index is 1.39. The summed E-state index contributed by atoms with van der Waals surface area (Å²) >= 11 is 0. The van der Waals surface area contributed by atoms with Gasteiger partial charge in [0.25, 0.3) is 0 Å². The molecule has 1 aliphatic heterocycles. The highest BCUT2D eigenvalue weighted by atomic mass is 16.5. The van der Waals surface area contributed by atoms with E-state index in [9.17, 15) is 4.79 Å². The van der Waals surface area contributed by atoms with Gasteiger partial charge in [-0.05, 0) is 86.4 Å². The summed E-state index contributed by atoms with van der Waals surface area (Å²) in [4.78, 5) is 11.9. The Morgan fingerprint density at radius 3 is 2.50 bits per heavy atom. The van der Waals surface area contributed by atoms with Crippen LogP contribution in [0.1, 0.15) is 78.1 Å². The molecule has 0 aromatic heterocycles. The average molecular weight is 332 g/mol. The number of piperidine rings is 1. The second kappa shape index (κ2) is 5.22. The number of amides is 1. The molecule has 7 atom stereocenters. The molecule has 0 aromatic rings. The fourth-order valence-corrected chi connectivity index (χ4v) is 7.31. The minimum atomic E-state index is 0.287. The van der Waals surface area contributed by atoms with E-state index in [1.54, 1.807) is 0 Å². The van der Waals surface area contributed by atoms with Crippen LogP contribution in [-0.2, 0) is 9.53 Å². The van der Waals surface area contributed by atoms with Crippen LogP contribution in [-0.4, -0.2) is 24.2 Å². The second-order valence-electron chi connectivity index (χ2n) is 10.0. The highest BCUT2D eigenvalue weighted by molar-refractivity contribution is 5.77. The first-order chi connectivity index (χ1) is 11.5. The van der Waals surface area contributed by atoms with Crippen molar-refractivity contribution in [3.05, 3.63) is 0 Å². The van der Waals surface area contributed by atoms with Crippen LogP contribution in [0.3, 0.4) is 0 Å². The van der Waals surface area contributed by atoms with Gasteiger partial charge in [-0.2, -0.15) is 0 Å². The molecule has 5 rings (SSSR count). The molecule has 0 bridgehead atoms. The third-order valence-electron chi connectivity index (χ3n) is 8.89. The van der Waals surface area contributed by atoms with Gasteiger partial charge in [0.2, 0.25) is 5.91 Å². The molecule has 0 aromatic carbocycles. The lowest BCUT2D eigenvalue weighted by Crippen LogP contribution is -2.61. The van der Waals surface area contributed by atoms with Gasteiger partial charge in [0, 0.05) is 12.5 Å². The normalized spacial score (nSPS) is 53.8. The molecule has 24 heavy (non-hydrogen) atoms. The van der Waals surface area contributed by atoms with E-state index in [2.05, 4.69) is 19.2 Å². The number of carbonyl (C=O) groups excluding carboxylic acids is 1. The molecule has 1 heterocycles. The largest absolute Gasteiger partial charge is 0.374 e. The molecule has 5 unspecified atom stereocenters. The van der Waals surface area contributed by atoms with Gasteiger partial charge in [0.15, 0.2) is 0 Å². The molecular weight excluding hydrogens is 298 g/mol. The third kappa shape index (κ3) is 2.15. The summed E-state index contributed by atoms with van der Waals surface area (Å²) in [5.41, 5.74) is 0.762. The summed E-state index contributed by atoms with van der Waals surface area (Å²) in [7, 11) is 0. The molecule has 3 nitrogen and oxygen atoms in total. The zero-order valence-electron chi connectivity index (χ0n) is 15.4. The number of nitrogens with one attached hydrogen (secondary N) is 1. The van der Waals surface area contributed by atoms with E-state index in [4.69, 9.17) is 4.74 Å². The van der Waals surface area contributed by atoms with E-state index in [-0.39, 0.29) is 5.91 Å². The van der Waals surface area contributed by atoms with Gasteiger partial charge in [-0.1, -0.05) is 13.8 Å². The fraction of sp³-hybridized carbons (Fsp3) is 0.952. The number of rotatable bonds is 2. The summed E-state index contributed by atoms with van der Waals surface area (Å²) in [6, 6.07) is 0.435. The lowest BCUT2D eigenvalue weighted by atomic mass is 9.47. The van der Waals surface area contributed by atoms with Gasteiger partial charge in [-0.15, -0.1) is 0 Å². The lowest BCUT2D eigenvalue weighted by molar-refractivity contribution is -0.141. The maximum Gasteiger partial charge on any atom is 0.220 e. The van der Waals surface area contributed by atoms with Gasteiger partial charge < -0.3 is 10.1 Å². The quantitative estimate of drug-likeness (QED) is 0.829. The van der Waals surface area contributed by atoms with Crippen LogP contribution < -0.4 is 5.32 Å². The molecule has 0 radical (unpaired) electrons. The molecular formula is C21H33NO2. The zero-order valence-corrected chi connectivity index (χ0v) is 15.4. The lowest BCUT2D eigenvalue weighted by Gasteiger charge is -2.60. The molecule has 134 valence electrons. The maximum absolute atomic E-state index is 11.9. The maximum atomic E-state index is 11.9. The first kappa shape index (κ1) is 15.7. The Labute approximate surface area is 146 Å². The van der Waals surface area contributed by atoms with Crippen molar-refractivity contribution in [1.82, 2.24) is 5.32 Å². The van der Waals surface area contributed by atoms with Crippen molar-refractivity contribution in [2.75, 3.05) is 0 Å². The predicted octanol–water partition coefficient (Wildman–Crippen LogP) is 4.06. The van der Waals surface area contributed by atoms with Crippen LogP contribution in [0.15, 0.2) is 0 Å². The highest BCUT2D eigenvalue weighted by Gasteiger charge is 2.61. The molecule has 1 saturated heterocycles. The summed E-state index contributed by atoms with van der Waals surface area (Å²) in [6.07, 6.45) is 13.4.